The Labute approximate surface area is 125 Å². The van der Waals surface area contributed by atoms with Crippen molar-refractivity contribution in [1.82, 2.24) is 15.0 Å². The molecule has 102 valence electrons. The molecule has 1 aromatic carbocycles. The van der Waals surface area contributed by atoms with Gasteiger partial charge in [0.05, 0.1) is 5.01 Å². The van der Waals surface area contributed by atoms with E-state index < -0.39 is 0 Å². The van der Waals surface area contributed by atoms with Crippen LogP contribution in [0.5, 0.6) is 0 Å². The van der Waals surface area contributed by atoms with Gasteiger partial charge in [-0.2, -0.15) is 0 Å². The van der Waals surface area contributed by atoms with Gasteiger partial charge in [-0.3, -0.25) is 0 Å². The Morgan fingerprint density at radius 1 is 1.10 bits per heavy atom. The van der Waals surface area contributed by atoms with E-state index in [1.54, 1.807) is 23.1 Å². The molecule has 0 radical (unpaired) electrons. The second-order valence-corrected chi connectivity index (χ2v) is 6.20. The van der Waals surface area contributed by atoms with E-state index in [1.807, 2.05) is 12.3 Å². The van der Waals surface area contributed by atoms with Gasteiger partial charge in [-0.1, -0.05) is 41.7 Å². The summed E-state index contributed by atoms with van der Waals surface area (Å²) in [5.41, 5.74) is 7.91. The molecule has 6 heteroatoms. The van der Waals surface area contributed by atoms with Gasteiger partial charge in [0.1, 0.15) is 15.4 Å². The van der Waals surface area contributed by atoms with Gasteiger partial charge in [0.25, 0.3) is 0 Å². The number of anilines is 1. The molecule has 3 aromatic rings. The monoisotopic (exact) mass is 302 g/mol. The zero-order chi connectivity index (χ0) is 13.9. The van der Waals surface area contributed by atoms with Crippen molar-refractivity contribution in [3.8, 4) is 0 Å². The van der Waals surface area contributed by atoms with E-state index in [4.69, 9.17) is 5.73 Å². The lowest BCUT2D eigenvalue weighted by atomic mass is 10.1. The van der Waals surface area contributed by atoms with E-state index >= 15 is 0 Å². The zero-order valence-corrected chi connectivity index (χ0v) is 12.7. The number of nitrogens with zero attached hydrogens (tertiary/aromatic N) is 3. The van der Waals surface area contributed by atoms with Crippen LogP contribution in [-0.4, -0.2) is 21.2 Å². The third-order valence-corrected chi connectivity index (χ3v) is 4.63. The average molecular weight is 302 g/mol. The number of benzene rings is 1. The summed E-state index contributed by atoms with van der Waals surface area (Å²) in [6.45, 7) is 0. The minimum absolute atomic E-state index is 0.320. The van der Waals surface area contributed by atoms with Crippen molar-refractivity contribution >= 4 is 39.4 Å². The number of nitrogen functional groups attached to an aromatic ring is 1. The maximum absolute atomic E-state index is 5.72. The van der Waals surface area contributed by atoms with Crippen LogP contribution in [0.1, 0.15) is 10.6 Å². The molecule has 0 atom stereocenters. The maximum atomic E-state index is 5.72. The number of aromatic nitrogens is 3. The summed E-state index contributed by atoms with van der Waals surface area (Å²) in [6, 6.07) is 10.4. The maximum Gasteiger partial charge on any atom is 0.222 e. The molecule has 0 saturated heterocycles. The van der Waals surface area contributed by atoms with Gasteiger partial charge >= 0.3 is 0 Å². The highest BCUT2D eigenvalue weighted by Crippen LogP contribution is 2.28. The molecule has 2 N–H and O–H groups in total. The van der Waals surface area contributed by atoms with Crippen LogP contribution in [0.3, 0.4) is 0 Å². The number of nitrogens with two attached hydrogens (primary N) is 1. The minimum atomic E-state index is 0.320. The van der Waals surface area contributed by atoms with E-state index in [2.05, 4.69) is 39.2 Å². The second kappa shape index (κ2) is 5.76. The van der Waals surface area contributed by atoms with Gasteiger partial charge in [-0.05, 0) is 18.2 Å². The molecule has 20 heavy (non-hydrogen) atoms. The number of thiazole rings is 1. The number of hydrogen-bond donors (Lipinski definition) is 1. The zero-order valence-electron chi connectivity index (χ0n) is 11.0. The van der Waals surface area contributed by atoms with Crippen LogP contribution in [0, 0.1) is 0 Å². The third-order valence-electron chi connectivity index (χ3n) is 2.95. The Kier molecular flexibility index (Phi) is 3.84. The molecule has 0 bridgehead atoms. The highest BCUT2D eigenvalue weighted by atomic mass is 32.2. The van der Waals surface area contributed by atoms with Gasteiger partial charge in [0.15, 0.2) is 0 Å². The lowest BCUT2D eigenvalue weighted by molar-refractivity contribution is 0.945. The molecule has 0 aliphatic carbocycles. The van der Waals surface area contributed by atoms with Crippen LogP contribution >= 0.6 is 23.1 Å². The molecule has 2 aromatic heterocycles. The molecule has 0 saturated carbocycles. The summed E-state index contributed by atoms with van der Waals surface area (Å²) in [6.07, 6.45) is 3.88. The summed E-state index contributed by atoms with van der Waals surface area (Å²) >= 11 is 3.16. The number of aryl methyl sites for hydroxylation is 2. The summed E-state index contributed by atoms with van der Waals surface area (Å²) in [5.74, 6) is 0.320. The van der Waals surface area contributed by atoms with Crippen LogP contribution in [0.15, 0.2) is 35.4 Å². The van der Waals surface area contributed by atoms with Crippen molar-refractivity contribution in [2.24, 2.45) is 0 Å². The number of fused-ring (bicyclic) bond motifs is 1. The fourth-order valence-electron chi connectivity index (χ4n) is 2.00. The van der Waals surface area contributed by atoms with E-state index in [0.717, 1.165) is 33.2 Å². The van der Waals surface area contributed by atoms with Crippen molar-refractivity contribution in [3.05, 3.63) is 40.9 Å². The molecule has 3 rings (SSSR count). The van der Waals surface area contributed by atoms with Gasteiger partial charge in [-0.15, -0.1) is 11.8 Å². The van der Waals surface area contributed by atoms with Crippen molar-refractivity contribution in [2.45, 2.75) is 17.9 Å². The SMILES string of the molecule is CSc1nc(N)nc2sc(CCc3ccccc3)nc12. The molecule has 2 heterocycles. The number of rotatable bonds is 4. The fraction of sp³-hybridized carbons (Fsp3) is 0.214. The van der Waals surface area contributed by atoms with Crippen molar-refractivity contribution in [3.63, 3.8) is 0 Å². The van der Waals surface area contributed by atoms with Crippen LogP contribution in [0.2, 0.25) is 0 Å². The van der Waals surface area contributed by atoms with E-state index in [1.165, 1.54) is 5.56 Å². The Bertz CT molecular complexity index is 725. The quantitative estimate of drug-likeness (QED) is 0.592. The molecular weight excluding hydrogens is 288 g/mol. The lowest BCUT2D eigenvalue weighted by Crippen LogP contribution is -1.95. The molecular formula is C14H14N4S2. The fourth-order valence-corrected chi connectivity index (χ4v) is 3.53. The van der Waals surface area contributed by atoms with E-state index in [0.29, 0.717) is 5.95 Å². The Morgan fingerprint density at radius 3 is 2.65 bits per heavy atom. The number of thioether (sulfide) groups is 1. The molecule has 0 spiro atoms. The molecule has 4 nitrogen and oxygen atoms in total. The predicted octanol–water partition coefficient (Wildman–Crippen LogP) is 3.18. The van der Waals surface area contributed by atoms with Crippen LogP contribution in [0.25, 0.3) is 10.3 Å². The first kappa shape index (κ1) is 13.3. The first-order valence-corrected chi connectivity index (χ1v) is 8.31. The molecule has 0 amide bonds. The Morgan fingerprint density at radius 2 is 1.90 bits per heavy atom. The van der Waals surface area contributed by atoms with Gasteiger partial charge < -0.3 is 5.73 Å². The van der Waals surface area contributed by atoms with E-state index in [-0.39, 0.29) is 0 Å². The first-order chi connectivity index (χ1) is 9.76. The summed E-state index contributed by atoms with van der Waals surface area (Å²) in [4.78, 5) is 14.0. The van der Waals surface area contributed by atoms with Crippen LogP contribution in [0.4, 0.5) is 5.95 Å². The van der Waals surface area contributed by atoms with Crippen LogP contribution < -0.4 is 5.73 Å². The van der Waals surface area contributed by atoms with E-state index in [9.17, 15) is 0 Å². The topological polar surface area (TPSA) is 64.7 Å². The Hall–Kier alpha value is -1.66. The third kappa shape index (κ3) is 2.76. The summed E-state index contributed by atoms with van der Waals surface area (Å²) in [7, 11) is 0. The molecule has 0 aliphatic heterocycles. The second-order valence-electron chi connectivity index (χ2n) is 4.34. The standard InChI is InChI=1S/C14H14N4S2/c1-19-12-11-13(18-14(15)17-12)20-10(16-11)8-7-9-5-3-2-4-6-9/h2-6H,7-8H2,1H3,(H2,15,17,18). The normalized spacial score (nSPS) is 11.1. The average Bonchev–Trinajstić information content (AvgIpc) is 2.88. The van der Waals surface area contributed by atoms with Gasteiger partial charge in [0, 0.05) is 6.42 Å². The largest absolute Gasteiger partial charge is 0.368 e. The van der Waals surface area contributed by atoms with Crippen molar-refractivity contribution in [2.75, 3.05) is 12.0 Å². The number of hydrogen-bond acceptors (Lipinski definition) is 6. The summed E-state index contributed by atoms with van der Waals surface area (Å²) in [5, 5.41) is 1.94. The minimum Gasteiger partial charge on any atom is -0.368 e. The lowest BCUT2D eigenvalue weighted by Gasteiger charge is -1.97. The van der Waals surface area contributed by atoms with Crippen molar-refractivity contribution in [1.29, 1.82) is 0 Å². The highest BCUT2D eigenvalue weighted by molar-refractivity contribution is 7.98. The van der Waals surface area contributed by atoms with Crippen LogP contribution in [-0.2, 0) is 12.8 Å². The first-order valence-electron chi connectivity index (χ1n) is 6.27. The molecule has 0 fully saturated rings. The Balaban J connectivity index is 1.86. The summed E-state index contributed by atoms with van der Waals surface area (Å²) < 4.78 is 0. The smallest absolute Gasteiger partial charge is 0.222 e. The highest BCUT2D eigenvalue weighted by Gasteiger charge is 2.11. The van der Waals surface area contributed by atoms with Gasteiger partial charge in [-0.25, -0.2) is 15.0 Å². The molecule has 0 unspecified atom stereocenters. The predicted molar refractivity (Wildman–Crippen MR) is 85.3 cm³/mol. The van der Waals surface area contributed by atoms with Gasteiger partial charge in [0.2, 0.25) is 5.95 Å². The van der Waals surface area contributed by atoms with Crippen molar-refractivity contribution < 1.29 is 0 Å². The molecule has 0 aliphatic rings.